The largest absolute Gasteiger partial charge is 0.339 e. The fraction of sp³-hybridized carbons (Fsp3) is 0.533. The van der Waals surface area contributed by atoms with E-state index in [9.17, 15) is 4.79 Å². The van der Waals surface area contributed by atoms with Gasteiger partial charge >= 0.3 is 0 Å². The van der Waals surface area contributed by atoms with E-state index in [4.69, 9.17) is 4.52 Å². The monoisotopic (exact) mass is 275 g/mol. The second-order valence-corrected chi connectivity index (χ2v) is 5.17. The lowest BCUT2D eigenvalue weighted by Crippen LogP contribution is -2.30. The van der Waals surface area contributed by atoms with Crippen molar-refractivity contribution in [2.24, 2.45) is 0 Å². The summed E-state index contributed by atoms with van der Waals surface area (Å²) in [5, 5.41) is 4.67. The Morgan fingerprint density at radius 1 is 1.35 bits per heavy atom. The molecule has 20 heavy (non-hydrogen) atoms. The quantitative estimate of drug-likeness (QED) is 0.860. The van der Waals surface area contributed by atoms with Crippen molar-refractivity contribution in [3.63, 3.8) is 0 Å². The Balaban J connectivity index is 2.65. The molecule has 0 aromatic carbocycles. The van der Waals surface area contributed by atoms with Gasteiger partial charge < -0.3 is 9.42 Å². The Morgan fingerprint density at radius 3 is 2.55 bits per heavy atom. The SMILES string of the molecule is CCN(CC)C(=O)c1cc(C(C)C)nc2onc(C)c12. The zero-order valence-electron chi connectivity index (χ0n) is 12.7. The van der Waals surface area contributed by atoms with Crippen molar-refractivity contribution in [2.45, 2.75) is 40.5 Å². The molecule has 2 aromatic heterocycles. The molecule has 2 rings (SSSR count). The molecule has 108 valence electrons. The van der Waals surface area contributed by atoms with E-state index in [0.717, 1.165) is 11.1 Å². The van der Waals surface area contributed by atoms with Crippen molar-refractivity contribution < 1.29 is 9.32 Å². The van der Waals surface area contributed by atoms with Gasteiger partial charge in [-0.05, 0) is 32.8 Å². The summed E-state index contributed by atoms with van der Waals surface area (Å²) >= 11 is 0. The Morgan fingerprint density at radius 2 is 2.00 bits per heavy atom. The van der Waals surface area contributed by atoms with E-state index in [0.29, 0.717) is 30.1 Å². The van der Waals surface area contributed by atoms with Crippen molar-refractivity contribution in [1.29, 1.82) is 0 Å². The first-order valence-corrected chi connectivity index (χ1v) is 7.05. The third-order valence-corrected chi connectivity index (χ3v) is 3.51. The lowest BCUT2D eigenvalue weighted by molar-refractivity contribution is 0.0774. The molecule has 0 radical (unpaired) electrons. The maximum atomic E-state index is 12.7. The van der Waals surface area contributed by atoms with E-state index in [-0.39, 0.29) is 11.8 Å². The first kappa shape index (κ1) is 14.5. The third-order valence-electron chi connectivity index (χ3n) is 3.51. The molecule has 0 saturated carbocycles. The number of hydrogen-bond acceptors (Lipinski definition) is 4. The summed E-state index contributed by atoms with van der Waals surface area (Å²) in [5.41, 5.74) is 2.65. The molecule has 2 aromatic rings. The molecule has 0 fully saturated rings. The van der Waals surface area contributed by atoms with E-state index in [1.165, 1.54) is 0 Å². The molecule has 2 heterocycles. The predicted molar refractivity (Wildman–Crippen MR) is 77.9 cm³/mol. The number of amides is 1. The summed E-state index contributed by atoms with van der Waals surface area (Å²) in [6.07, 6.45) is 0. The molecule has 1 amide bonds. The maximum Gasteiger partial charge on any atom is 0.259 e. The third kappa shape index (κ3) is 2.40. The summed E-state index contributed by atoms with van der Waals surface area (Å²) in [4.78, 5) is 18.9. The van der Waals surface area contributed by atoms with Crippen LogP contribution in [0.15, 0.2) is 10.6 Å². The normalized spacial score (nSPS) is 11.3. The van der Waals surface area contributed by atoms with Crippen molar-refractivity contribution in [1.82, 2.24) is 15.0 Å². The summed E-state index contributed by atoms with van der Waals surface area (Å²) in [6, 6.07) is 1.87. The van der Waals surface area contributed by atoms with Gasteiger partial charge in [0.05, 0.1) is 16.6 Å². The topological polar surface area (TPSA) is 59.2 Å². The highest BCUT2D eigenvalue weighted by Gasteiger charge is 2.22. The highest BCUT2D eigenvalue weighted by molar-refractivity contribution is 6.06. The Labute approximate surface area is 119 Å². The summed E-state index contributed by atoms with van der Waals surface area (Å²) in [6.45, 7) is 11.2. The molecule has 0 bridgehead atoms. The van der Waals surface area contributed by atoms with Gasteiger partial charge in [0.1, 0.15) is 0 Å². The van der Waals surface area contributed by atoms with Crippen LogP contribution < -0.4 is 0 Å². The molecule has 5 heteroatoms. The smallest absolute Gasteiger partial charge is 0.259 e. The van der Waals surface area contributed by atoms with Gasteiger partial charge in [-0.1, -0.05) is 19.0 Å². The highest BCUT2D eigenvalue weighted by Crippen LogP contribution is 2.26. The maximum absolute atomic E-state index is 12.7. The molecule has 0 N–H and O–H groups in total. The van der Waals surface area contributed by atoms with Gasteiger partial charge in [0, 0.05) is 18.8 Å². The minimum absolute atomic E-state index is 0.00981. The van der Waals surface area contributed by atoms with Gasteiger partial charge in [0.15, 0.2) is 0 Å². The standard InChI is InChI=1S/C15H21N3O2/c1-6-18(7-2)15(19)11-8-12(9(3)4)16-14-13(11)10(5)17-20-14/h8-9H,6-7H2,1-5H3. The van der Waals surface area contributed by atoms with Gasteiger partial charge in [0.25, 0.3) is 11.6 Å². The summed E-state index contributed by atoms with van der Waals surface area (Å²) in [7, 11) is 0. The number of pyridine rings is 1. The van der Waals surface area contributed by atoms with E-state index in [2.05, 4.69) is 10.1 Å². The number of nitrogens with zero attached hydrogens (tertiary/aromatic N) is 3. The Bertz CT molecular complexity index is 627. The minimum atomic E-state index is 0.00981. The lowest BCUT2D eigenvalue weighted by Gasteiger charge is -2.19. The van der Waals surface area contributed by atoms with E-state index in [1.807, 2.05) is 40.7 Å². The molecular formula is C15H21N3O2. The van der Waals surface area contributed by atoms with Gasteiger partial charge in [0.2, 0.25) is 0 Å². The van der Waals surface area contributed by atoms with Gasteiger partial charge in [-0.3, -0.25) is 4.79 Å². The van der Waals surface area contributed by atoms with Crippen LogP contribution in [-0.4, -0.2) is 34.0 Å². The van der Waals surface area contributed by atoms with Gasteiger partial charge in [-0.25, -0.2) is 4.98 Å². The molecule has 0 atom stereocenters. The second kappa shape index (κ2) is 5.61. The van der Waals surface area contributed by atoms with E-state index < -0.39 is 0 Å². The zero-order valence-corrected chi connectivity index (χ0v) is 12.7. The highest BCUT2D eigenvalue weighted by atomic mass is 16.5. The molecule has 0 aliphatic rings. The summed E-state index contributed by atoms with van der Waals surface area (Å²) < 4.78 is 5.25. The van der Waals surface area contributed by atoms with Crippen LogP contribution >= 0.6 is 0 Å². The molecular weight excluding hydrogens is 254 g/mol. The van der Waals surface area contributed by atoms with Gasteiger partial charge in [-0.2, -0.15) is 0 Å². The first-order valence-electron chi connectivity index (χ1n) is 7.05. The molecule has 0 saturated heterocycles. The van der Waals surface area contributed by atoms with Crippen LogP contribution in [0.5, 0.6) is 0 Å². The number of rotatable bonds is 4. The number of aromatic nitrogens is 2. The predicted octanol–water partition coefficient (Wildman–Crippen LogP) is 3.14. The van der Waals surface area contributed by atoms with E-state index in [1.54, 1.807) is 4.90 Å². The number of aryl methyl sites for hydroxylation is 1. The van der Waals surface area contributed by atoms with Crippen molar-refractivity contribution in [3.05, 3.63) is 23.0 Å². The van der Waals surface area contributed by atoms with Crippen LogP contribution in [0.25, 0.3) is 11.1 Å². The van der Waals surface area contributed by atoms with Crippen LogP contribution in [0.2, 0.25) is 0 Å². The minimum Gasteiger partial charge on any atom is -0.339 e. The number of carbonyl (C=O) groups is 1. The van der Waals surface area contributed by atoms with Crippen LogP contribution in [0.4, 0.5) is 0 Å². The van der Waals surface area contributed by atoms with Crippen LogP contribution in [0.3, 0.4) is 0 Å². The molecule has 0 aliphatic heterocycles. The second-order valence-electron chi connectivity index (χ2n) is 5.17. The molecule has 0 spiro atoms. The lowest BCUT2D eigenvalue weighted by atomic mass is 10.0. The number of hydrogen-bond donors (Lipinski definition) is 0. The van der Waals surface area contributed by atoms with Crippen molar-refractivity contribution >= 4 is 17.0 Å². The van der Waals surface area contributed by atoms with Crippen molar-refractivity contribution in [2.75, 3.05) is 13.1 Å². The van der Waals surface area contributed by atoms with Gasteiger partial charge in [-0.15, -0.1) is 0 Å². The first-order chi connectivity index (χ1) is 9.49. The van der Waals surface area contributed by atoms with Crippen molar-refractivity contribution in [3.8, 4) is 0 Å². The fourth-order valence-corrected chi connectivity index (χ4v) is 2.26. The van der Waals surface area contributed by atoms with E-state index >= 15 is 0 Å². The molecule has 0 aliphatic carbocycles. The average Bonchev–Trinajstić information content (AvgIpc) is 2.80. The van der Waals surface area contributed by atoms with Crippen LogP contribution in [-0.2, 0) is 0 Å². The number of fused-ring (bicyclic) bond motifs is 1. The number of carbonyl (C=O) groups excluding carboxylic acids is 1. The van der Waals surface area contributed by atoms with Crippen LogP contribution in [0, 0.1) is 6.92 Å². The fourth-order valence-electron chi connectivity index (χ4n) is 2.26. The zero-order chi connectivity index (χ0) is 14.9. The Hall–Kier alpha value is -1.91. The Kier molecular flexibility index (Phi) is 4.06. The molecule has 5 nitrogen and oxygen atoms in total. The van der Waals surface area contributed by atoms with Crippen LogP contribution in [0.1, 0.15) is 55.4 Å². The molecule has 0 unspecified atom stereocenters. The average molecular weight is 275 g/mol. The summed E-state index contributed by atoms with van der Waals surface area (Å²) in [5.74, 6) is 0.239.